The van der Waals surface area contributed by atoms with E-state index in [-0.39, 0.29) is 18.0 Å². The van der Waals surface area contributed by atoms with Gasteiger partial charge in [0, 0.05) is 32.3 Å². The summed E-state index contributed by atoms with van der Waals surface area (Å²) < 4.78 is 10.6. The van der Waals surface area contributed by atoms with Crippen LogP contribution in [-0.2, 0) is 19.7 Å². The van der Waals surface area contributed by atoms with Gasteiger partial charge in [-0.15, -0.1) is 0 Å². The predicted octanol–water partition coefficient (Wildman–Crippen LogP) is 2.47. The smallest absolute Gasteiger partial charge is 0.409 e. The van der Waals surface area contributed by atoms with Crippen molar-refractivity contribution < 1.29 is 19.1 Å². The molecule has 1 aromatic carbocycles. The summed E-state index contributed by atoms with van der Waals surface area (Å²) >= 11 is 0. The Morgan fingerprint density at radius 2 is 1.85 bits per heavy atom. The fourth-order valence-corrected chi connectivity index (χ4v) is 3.87. The molecule has 142 valence electrons. The molecule has 2 aliphatic heterocycles. The van der Waals surface area contributed by atoms with E-state index in [1.165, 1.54) is 0 Å². The van der Waals surface area contributed by atoms with Gasteiger partial charge < -0.3 is 19.7 Å². The monoisotopic (exact) mass is 360 g/mol. The minimum absolute atomic E-state index is 0.0848. The molecule has 2 amide bonds. The minimum Gasteiger partial charge on any atom is -0.450 e. The van der Waals surface area contributed by atoms with Crippen LogP contribution in [-0.4, -0.2) is 55.9 Å². The van der Waals surface area contributed by atoms with E-state index in [4.69, 9.17) is 9.47 Å². The zero-order valence-electron chi connectivity index (χ0n) is 15.4. The van der Waals surface area contributed by atoms with Gasteiger partial charge in [-0.05, 0) is 38.2 Å². The van der Waals surface area contributed by atoms with Gasteiger partial charge in [-0.2, -0.15) is 0 Å². The fourth-order valence-electron chi connectivity index (χ4n) is 3.87. The third-order valence-corrected chi connectivity index (χ3v) is 5.46. The summed E-state index contributed by atoms with van der Waals surface area (Å²) in [5, 5.41) is 3.25. The van der Waals surface area contributed by atoms with E-state index in [2.05, 4.69) is 5.32 Å². The maximum atomic E-state index is 13.2. The Morgan fingerprint density at radius 3 is 2.46 bits per heavy atom. The summed E-state index contributed by atoms with van der Waals surface area (Å²) in [6, 6.07) is 10.1. The normalized spacial score (nSPS) is 20.4. The number of carbonyl (C=O) groups excluding carboxylic acids is 2. The molecular weight excluding hydrogens is 332 g/mol. The summed E-state index contributed by atoms with van der Waals surface area (Å²) in [4.78, 5) is 26.8. The number of nitrogens with zero attached hydrogens (tertiary/aromatic N) is 1. The molecule has 0 aromatic heterocycles. The van der Waals surface area contributed by atoms with Crippen molar-refractivity contribution in [2.24, 2.45) is 0 Å². The zero-order valence-corrected chi connectivity index (χ0v) is 15.4. The van der Waals surface area contributed by atoms with E-state index in [0.29, 0.717) is 45.8 Å². The number of rotatable bonds is 4. The molecule has 2 heterocycles. The highest BCUT2D eigenvalue weighted by Gasteiger charge is 2.42. The van der Waals surface area contributed by atoms with Crippen LogP contribution in [0.1, 0.15) is 38.2 Å². The molecule has 2 fully saturated rings. The number of benzene rings is 1. The Bertz CT molecular complexity index is 605. The number of carbonyl (C=O) groups is 2. The maximum absolute atomic E-state index is 13.2. The van der Waals surface area contributed by atoms with Crippen molar-refractivity contribution in [3.63, 3.8) is 0 Å². The number of likely N-dealkylation sites (tertiary alicyclic amines) is 1. The highest BCUT2D eigenvalue weighted by Crippen LogP contribution is 2.35. The number of hydrogen-bond donors (Lipinski definition) is 1. The van der Waals surface area contributed by atoms with Gasteiger partial charge in [-0.25, -0.2) is 4.79 Å². The lowest BCUT2D eigenvalue weighted by Crippen LogP contribution is -2.53. The third kappa shape index (κ3) is 4.01. The first kappa shape index (κ1) is 18.7. The summed E-state index contributed by atoms with van der Waals surface area (Å²) in [7, 11) is 0. The Labute approximate surface area is 154 Å². The molecule has 6 heteroatoms. The minimum atomic E-state index is -0.516. The molecule has 1 aromatic rings. The van der Waals surface area contributed by atoms with Crippen molar-refractivity contribution in [1.29, 1.82) is 0 Å². The van der Waals surface area contributed by atoms with E-state index in [1.54, 1.807) is 4.90 Å². The number of nitrogens with one attached hydrogen (secondary N) is 1. The second-order valence-corrected chi connectivity index (χ2v) is 6.99. The molecule has 0 atom stereocenters. The Balaban J connectivity index is 1.63. The number of piperidine rings is 1. The molecule has 0 aliphatic carbocycles. The van der Waals surface area contributed by atoms with Crippen molar-refractivity contribution in [2.45, 2.75) is 44.1 Å². The van der Waals surface area contributed by atoms with Gasteiger partial charge in [0.15, 0.2) is 0 Å². The van der Waals surface area contributed by atoms with Crippen LogP contribution in [0.5, 0.6) is 0 Å². The molecule has 2 saturated heterocycles. The van der Waals surface area contributed by atoms with E-state index in [9.17, 15) is 9.59 Å². The van der Waals surface area contributed by atoms with Gasteiger partial charge in [0.25, 0.3) is 0 Å². The average Bonchev–Trinajstić information content (AvgIpc) is 2.70. The first-order valence-electron chi connectivity index (χ1n) is 9.51. The zero-order chi connectivity index (χ0) is 18.4. The quantitative estimate of drug-likeness (QED) is 0.896. The molecule has 0 unspecified atom stereocenters. The van der Waals surface area contributed by atoms with Crippen LogP contribution >= 0.6 is 0 Å². The number of amides is 2. The fraction of sp³-hybridized carbons (Fsp3) is 0.600. The van der Waals surface area contributed by atoms with Gasteiger partial charge in [-0.1, -0.05) is 30.3 Å². The lowest BCUT2D eigenvalue weighted by atomic mass is 9.73. The van der Waals surface area contributed by atoms with Crippen molar-refractivity contribution in [3.8, 4) is 0 Å². The lowest BCUT2D eigenvalue weighted by Gasteiger charge is -2.39. The highest BCUT2D eigenvalue weighted by molar-refractivity contribution is 5.88. The van der Waals surface area contributed by atoms with Crippen LogP contribution in [0.25, 0.3) is 0 Å². The molecule has 0 spiro atoms. The molecule has 6 nitrogen and oxygen atoms in total. The SMILES string of the molecule is CCOC(=O)N1CCC(NC(=O)C2(c3ccccc3)CCOCC2)CC1. The molecule has 3 rings (SSSR count). The van der Waals surface area contributed by atoms with Gasteiger partial charge in [0.1, 0.15) is 0 Å². The molecule has 1 N–H and O–H groups in total. The van der Waals surface area contributed by atoms with E-state index in [0.717, 1.165) is 18.4 Å². The van der Waals surface area contributed by atoms with Gasteiger partial charge >= 0.3 is 6.09 Å². The molecule has 0 bridgehead atoms. The molecule has 0 radical (unpaired) electrons. The Kier molecular flexibility index (Phi) is 6.14. The number of hydrogen-bond acceptors (Lipinski definition) is 4. The largest absolute Gasteiger partial charge is 0.450 e. The lowest BCUT2D eigenvalue weighted by molar-refractivity contribution is -0.131. The second kappa shape index (κ2) is 8.54. The van der Waals surface area contributed by atoms with Crippen molar-refractivity contribution >= 4 is 12.0 Å². The third-order valence-electron chi connectivity index (χ3n) is 5.46. The van der Waals surface area contributed by atoms with Crippen LogP contribution in [0.4, 0.5) is 4.79 Å². The van der Waals surface area contributed by atoms with Crippen molar-refractivity contribution in [2.75, 3.05) is 32.9 Å². The molecule has 26 heavy (non-hydrogen) atoms. The van der Waals surface area contributed by atoms with Crippen LogP contribution in [0.3, 0.4) is 0 Å². The van der Waals surface area contributed by atoms with E-state index in [1.807, 2.05) is 37.3 Å². The Hall–Kier alpha value is -2.08. The topological polar surface area (TPSA) is 67.9 Å². The van der Waals surface area contributed by atoms with Gasteiger partial charge in [0.2, 0.25) is 5.91 Å². The van der Waals surface area contributed by atoms with Crippen molar-refractivity contribution in [3.05, 3.63) is 35.9 Å². The van der Waals surface area contributed by atoms with Crippen LogP contribution in [0, 0.1) is 0 Å². The van der Waals surface area contributed by atoms with Crippen LogP contribution < -0.4 is 5.32 Å². The first-order chi connectivity index (χ1) is 12.7. The summed E-state index contributed by atoms with van der Waals surface area (Å²) in [5.74, 6) is 0.0848. The van der Waals surface area contributed by atoms with Crippen LogP contribution in [0.15, 0.2) is 30.3 Å². The van der Waals surface area contributed by atoms with E-state index < -0.39 is 5.41 Å². The van der Waals surface area contributed by atoms with Gasteiger partial charge in [-0.3, -0.25) is 4.79 Å². The summed E-state index contributed by atoms with van der Waals surface area (Å²) in [6.07, 6.45) is 2.65. The first-order valence-corrected chi connectivity index (χ1v) is 9.51. The van der Waals surface area contributed by atoms with Crippen LogP contribution in [0.2, 0.25) is 0 Å². The average molecular weight is 360 g/mol. The second-order valence-electron chi connectivity index (χ2n) is 6.99. The standard InChI is InChI=1S/C20H28N2O4/c1-2-26-19(24)22-12-8-17(9-13-22)21-18(23)20(10-14-25-15-11-20)16-6-4-3-5-7-16/h3-7,17H,2,8-15H2,1H3,(H,21,23). The van der Waals surface area contributed by atoms with Gasteiger partial charge in [0.05, 0.1) is 12.0 Å². The van der Waals surface area contributed by atoms with E-state index >= 15 is 0 Å². The number of ether oxygens (including phenoxy) is 2. The Morgan fingerprint density at radius 1 is 1.19 bits per heavy atom. The molecule has 0 saturated carbocycles. The maximum Gasteiger partial charge on any atom is 0.409 e. The molecular formula is C20H28N2O4. The van der Waals surface area contributed by atoms with Crippen molar-refractivity contribution in [1.82, 2.24) is 10.2 Å². The highest BCUT2D eigenvalue weighted by atomic mass is 16.6. The predicted molar refractivity (Wildman–Crippen MR) is 97.9 cm³/mol. The summed E-state index contributed by atoms with van der Waals surface area (Å²) in [6.45, 7) is 4.63. The molecule has 2 aliphatic rings. The summed E-state index contributed by atoms with van der Waals surface area (Å²) in [5.41, 5.74) is 0.544.